The highest BCUT2D eigenvalue weighted by Crippen LogP contribution is 2.30. The summed E-state index contributed by atoms with van der Waals surface area (Å²) in [6, 6.07) is 14.5. The molecule has 0 bridgehead atoms. The number of fused-ring (bicyclic) bond motifs is 1. The van der Waals surface area contributed by atoms with Crippen molar-refractivity contribution in [2.24, 2.45) is 5.92 Å². The maximum absolute atomic E-state index is 5.86. The topological polar surface area (TPSA) is 87.0 Å². The SMILES string of the molecule is COc1cc(-c2cn(CC3CN(c4nc5ccccc5o4)C3)nn2)ccc1-n1cnc(C)c1. The van der Waals surface area contributed by atoms with Gasteiger partial charge in [0.05, 0.1) is 31.0 Å². The van der Waals surface area contributed by atoms with Gasteiger partial charge in [-0.2, -0.15) is 4.98 Å². The fourth-order valence-corrected chi connectivity index (χ4v) is 4.22. The molecule has 4 heterocycles. The van der Waals surface area contributed by atoms with Gasteiger partial charge in [-0.1, -0.05) is 23.4 Å². The molecule has 1 aliphatic rings. The first-order valence-corrected chi connectivity index (χ1v) is 10.9. The molecule has 0 radical (unpaired) electrons. The molecule has 0 amide bonds. The number of methoxy groups -OCH3 is 1. The third kappa shape index (κ3) is 3.61. The number of aromatic nitrogens is 6. The molecule has 1 fully saturated rings. The van der Waals surface area contributed by atoms with Crippen LogP contribution in [-0.4, -0.2) is 49.7 Å². The number of hydrogen-bond acceptors (Lipinski definition) is 7. The van der Waals surface area contributed by atoms with Crippen LogP contribution in [0.3, 0.4) is 0 Å². The van der Waals surface area contributed by atoms with Gasteiger partial charge in [-0.3, -0.25) is 4.68 Å². The lowest BCUT2D eigenvalue weighted by molar-refractivity contribution is 0.322. The molecular formula is C24H23N7O2. The van der Waals surface area contributed by atoms with Crippen molar-refractivity contribution in [2.75, 3.05) is 25.1 Å². The zero-order valence-corrected chi connectivity index (χ0v) is 18.4. The molecule has 2 aromatic carbocycles. The molecule has 0 unspecified atom stereocenters. The minimum Gasteiger partial charge on any atom is -0.495 e. The van der Waals surface area contributed by atoms with E-state index in [4.69, 9.17) is 9.15 Å². The summed E-state index contributed by atoms with van der Waals surface area (Å²) in [5, 5.41) is 8.72. The number of imidazole rings is 1. The standard InChI is InChI=1S/C24H23N7O2/c1-16-10-30(15-25-16)21-8-7-18(9-23(21)32-2)20-14-31(28-27-20)13-17-11-29(12-17)24-26-19-5-3-4-6-22(19)33-24/h3-10,14-15,17H,11-13H2,1-2H3. The van der Waals surface area contributed by atoms with Gasteiger partial charge in [0.2, 0.25) is 0 Å². The average Bonchev–Trinajstić information content (AvgIpc) is 3.54. The molecule has 0 atom stereocenters. The van der Waals surface area contributed by atoms with Crippen molar-refractivity contribution in [1.82, 2.24) is 29.5 Å². The summed E-state index contributed by atoms with van der Waals surface area (Å²) in [5.41, 5.74) is 5.37. The monoisotopic (exact) mass is 441 g/mol. The molecule has 166 valence electrons. The fraction of sp³-hybridized carbons (Fsp3) is 0.250. The Morgan fingerprint density at radius 1 is 1.12 bits per heavy atom. The molecule has 3 aromatic heterocycles. The van der Waals surface area contributed by atoms with Crippen LogP contribution in [0.4, 0.5) is 6.01 Å². The lowest BCUT2D eigenvalue weighted by atomic mass is 10.0. The van der Waals surface area contributed by atoms with E-state index in [9.17, 15) is 0 Å². The number of para-hydroxylation sites is 2. The molecule has 9 nitrogen and oxygen atoms in total. The Bertz CT molecular complexity index is 1390. The third-order valence-electron chi connectivity index (χ3n) is 5.96. The van der Waals surface area contributed by atoms with E-state index in [1.54, 1.807) is 13.4 Å². The summed E-state index contributed by atoms with van der Waals surface area (Å²) in [4.78, 5) is 11.0. The van der Waals surface area contributed by atoms with Gasteiger partial charge in [0.25, 0.3) is 6.01 Å². The second-order valence-corrected chi connectivity index (χ2v) is 8.37. The molecule has 1 aliphatic heterocycles. The number of anilines is 1. The fourth-order valence-electron chi connectivity index (χ4n) is 4.22. The second-order valence-electron chi connectivity index (χ2n) is 8.37. The van der Waals surface area contributed by atoms with Crippen LogP contribution in [0.5, 0.6) is 5.75 Å². The summed E-state index contributed by atoms with van der Waals surface area (Å²) in [5.74, 6) is 1.23. The van der Waals surface area contributed by atoms with Crippen molar-refractivity contribution in [3.63, 3.8) is 0 Å². The first-order chi connectivity index (χ1) is 16.2. The Morgan fingerprint density at radius 3 is 2.79 bits per heavy atom. The van der Waals surface area contributed by atoms with Crippen LogP contribution in [-0.2, 0) is 6.54 Å². The first kappa shape index (κ1) is 19.5. The molecule has 0 spiro atoms. The Hall–Kier alpha value is -4.14. The van der Waals surface area contributed by atoms with E-state index in [1.807, 2.05) is 71.0 Å². The predicted octanol–water partition coefficient (Wildman–Crippen LogP) is 3.73. The molecular weight excluding hydrogens is 418 g/mol. The minimum absolute atomic E-state index is 0.468. The van der Waals surface area contributed by atoms with Gasteiger partial charge in [-0.25, -0.2) is 4.98 Å². The van der Waals surface area contributed by atoms with Crippen molar-refractivity contribution in [3.8, 4) is 22.7 Å². The highest BCUT2D eigenvalue weighted by atomic mass is 16.5. The van der Waals surface area contributed by atoms with E-state index >= 15 is 0 Å². The Kier molecular flexibility index (Phi) is 4.60. The summed E-state index contributed by atoms with van der Waals surface area (Å²) in [6.45, 7) is 4.53. The van der Waals surface area contributed by atoms with Crippen molar-refractivity contribution < 1.29 is 9.15 Å². The van der Waals surface area contributed by atoms with Gasteiger partial charge in [0.1, 0.15) is 17.0 Å². The zero-order valence-electron chi connectivity index (χ0n) is 18.4. The van der Waals surface area contributed by atoms with E-state index in [0.717, 1.165) is 59.1 Å². The van der Waals surface area contributed by atoms with E-state index in [2.05, 4.69) is 25.2 Å². The van der Waals surface area contributed by atoms with Gasteiger partial charge in [0.15, 0.2) is 5.58 Å². The summed E-state index contributed by atoms with van der Waals surface area (Å²) >= 11 is 0. The predicted molar refractivity (Wildman–Crippen MR) is 124 cm³/mol. The highest BCUT2D eigenvalue weighted by Gasteiger charge is 2.30. The van der Waals surface area contributed by atoms with E-state index in [0.29, 0.717) is 11.9 Å². The number of nitrogens with zero attached hydrogens (tertiary/aromatic N) is 7. The van der Waals surface area contributed by atoms with Gasteiger partial charge >= 0.3 is 0 Å². The molecule has 1 saturated heterocycles. The molecule has 9 heteroatoms. The van der Waals surface area contributed by atoms with Gasteiger partial charge in [0, 0.05) is 37.3 Å². The molecule has 6 rings (SSSR count). The minimum atomic E-state index is 0.468. The van der Waals surface area contributed by atoms with Crippen molar-refractivity contribution >= 4 is 17.1 Å². The number of aryl methyl sites for hydroxylation is 1. The number of rotatable bonds is 6. The van der Waals surface area contributed by atoms with Gasteiger partial charge in [-0.05, 0) is 31.2 Å². The van der Waals surface area contributed by atoms with E-state index < -0.39 is 0 Å². The number of benzene rings is 2. The first-order valence-electron chi connectivity index (χ1n) is 10.9. The largest absolute Gasteiger partial charge is 0.495 e. The molecule has 0 saturated carbocycles. The molecule has 0 N–H and O–H groups in total. The zero-order chi connectivity index (χ0) is 22.4. The summed E-state index contributed by atoms with van der Waals surface area (Å²) in [6.07, 6.45) is 5.74. The maximum Gasteiger partial charge on any atom is 0.298 e. The third-order valence-corrected chi connectivity index (χ3v) is 5.96. The van der Waals surface area contributed by atoms with E-state index in [1.165, 1.54) is 0 Å². The summed E-state index contributed by atoms with van der Waals surface area (Å²) in [7, 11) is 1.67. The second kappa shape index (κ2) is 7.77. The van der Waals surface area contributed by atoms with Gasteiger partial charge in [-0.15, -0.1) is 5.10 Å². The summed E-state index contributed by atoms with van der Waals surface area (Å²) < 4.78 is 15.3. The lowest BCUT2D eigenvalue weighted by Crippen LogP contribution is -2.48. The number of oxazole rings is 1. The molecule has 5 aromatic rings. The van der Waals surface area contributed by atoms with Crippen LogP contribution >= 0.6 is 0 Å². The smallest absolute Gasteiger partial charge is 0.298 e. The van der Waals surface area contributed by atoms with Crippen LogP contribution in [0.25, 0.3) is 28.0 Å². The Balaban J connectivity index is 1.13. The lowest BCUT2D eigenvalue weighted by Gasteiger charge is -2.37. The Labute approximate surface area is 190 Å². The highest BCUT2D eigenvalue weighted by molar-refractivity contribution is 5.74. The van der Waals surface area contributed by atoms with Crippen molar-refractivity contribution in [3.05, 3.63) is 66.9 Å². The van der Waals surface area contributed by atoms with Crippen LogP contribution in [0, 0.1) is 12.8 Å². The van der Waals surface area contributed by atoms with Crippen LogP contribution < -0.4 is 9.64 Å². The molecule has 33 heavy (non-hydrogen) atoms. The normalized spacial score (nSPS) is 14.1. The average molecular weight is 441 g/mol. The van der Waals surface area contributed by atoms with Crippen molar-refractivity contribution in [2.45, 2.75) is 13.5 Å². The number of ether oxygens (including phenoxy) is 1. The Morgan fingerprint density at radius 2 is 2.00 bits per heavy atom. The quantitative estimate of drug-likeness (QED) is 0.397. The van der Waals surface area contributed by atoms with E-state index in [-0.39, 0.29) is 0 Å². The maximum atomic E-state index is 5.86. The number of hydrogen-bond donors (Lipinski definition) is 0. The van der Waals surface area contributed by atoms with Gasteiger partial charge < -0.3 is 18.6 Å². The van der Waals surface area contributed by atoms with Crippen LogP contribution in [0.1, 0.15) is 5.69 Å². The van der Waals surface area contributed by atoms with Crippen molar-refractivity contribution in [1.29, 1.82) is 0 Å². The molecule has 0 aliphatic carbocycles. The van der Waals surface area contributed by atoms with Crippen LogP contribution in [0.2, 0.25) is 0 Å². The van der Waals surface area contributed by atoms with Crippen LogP contribution in [0.15, 0.2) is 65.6 Å².